The molecule has 0 aliphatic heterocycles. The zero-order valence-electron chi connectivity index (χ0n) is 8.78. The van der Waals surface area contributed by atoms with E-state index in [0.29, 0.717) is 6.42 Å². The van der Waals surface area contributed by atoms with Crippen LogP contribution in [0.5, 0.6) is 0 Å². The Labute approximate surface area is 91.1 Å². The molecule has 2 atom stereocenters. The van der Waals surface area contributed by atoms with Gasteiger partial charge in [0.05, 0.1) is 7.11 Å². The zero-order valence-corrected chi connectivity index (χ0v) is 8.78. The van der Waals surface area contributed by atoms with Crippen LogP contribution >= 0.6 is 0 Å². The maximum absolute atomic E-state index is 9.96. The van der Waals surface area contributed by atoms with E-state index in [1.54, 1.807) is 6.92 Å². The quantitative estimate of drug-likeness (QED) is 0.431. The third-order valence-corrected chi connectivity index (χ3v) is 1.32. The Hall–Kier alpha value is -1.67. The van der Waals surface area contributed by atoms with E-state index in [-0.39, 0.29) is 5.97 Å². The smallest absolute Gasteiger partial charge is 0.335 e. The van der Waals surface area contributed by atoms with Gasteiger partial charge in [-0.1, -0.05) is 6.92 Å². The third-order valence-electron chi connectivity index (χ3n) is 1.32. The molecule has 0 saturated carbocycles. The molecular formula is C8H14O8. The van der Waals surface area contributed by atoms with Gasteiger partial charge in [0.1, 0.15) is 0 Å². The first kappa shape index (κ1) is 16.7. The molecule has 0 bridgehead atoms. The van der Waals surface area contributed by atoms with Crippen LogP contribution in [0.2, 0.25) is 0 Å². The number of hydrogen-bond acceptors (Lipinski definition) is 6. The summed E-state index contributed by atoms with van der Waals surface area (Å²) in [6, 6.07) is 0. The molecule has 0 saturated heterocycles. The summed E-state index contributed by atoms with van der Waals surface area (Å²) in [6.07, 6.45) is -4.06. The topological polar surface area (TPSA) is 141 Å². The van der Waals surface area contributed by atoms with E-state index < -0.39 is 24.1 Å². The Bertz CT molecular complexity index is 224. The van der Waals surface area contributed by atoms with E-state index in [1.165, 1.54) is 7.11 Å². The number of carbonyl (C=O) groups is 3. The molecule has 0 aromatic carbocycles. The van der Waals surface area contributed by atoms with Crippen LogP contribution < -0.4 is 0 Å². The number of aliphatic carboxylic acids is 2. The summed E-state index contributed by atoms with van der Waals surface area (Å²) in [6.45, 7) is 1.76. The maximum atomic E-state index is 9.96. The maximum Gasteiger partial charge on any atom is 0.335 e. The van der Waals surface area contributed by atoms with E-state index in [1.807, 2.05) is 0 Å². The van der Waals surface area contributed by atoms with Crippen molar-refractivity contribution in [2.75, 3.05) is 7.11 Å². The largest absolute Gasteiger partial charge is 0.479 e. The molecule has 16 heavy (non-hydrogen) atoms. The Kier molecular flexibility index (Phi) is 9.03. The molecule has 0 spiro atoms. The van der Waals surface area contributed by atoms with Crippen molar-refractivity contribution in [1.82, 2.24) is 0 Å². The van der Waals surface area contributed by atoms with Gasteiger partial charge < -0.3 is 25.2 Å². The number of carboxylic acid groups (broad SMARTS) is 2. The van der Waals surface area contributed by atoms with Crippen LogP contribution in [0, 0.1) is 0 Å². The molecule has 8 nitrogen and oxygen atoms in total. The first-order valence-corrected chi connectivity index (χ1v) is 4.16. The standard InChI is InChI=1S/C4H6O6.C4H8O2/c5-1(3(7)8)2(6)4(9)10;1-3-4(5)6-2/h1-2,5-6H,(H,7,8)(H,9,10);3H2,1-2H3. The molecule has 0 fully saturated rings. The zero-order chi connectivity index (χ0) is 13.3. The molecule has 0 aliphatic carbocycles. The van der Waals surface area contributed by atoms with Crippen LogP contribution in [0.1, 0.15) is 13.3 Å². The number of carbonyl (C=O) groups excluding carboxylic acids is 1. The average molecular weight is 238 g/mol. The fourth-order valence-corrected chi connectivity index (χ4v) is 0.414. The first-order valence-electron chi connectivity index (χ1n) is 4.16. The van der Waals surface area contributed by atoms with Crippen LogP contribution in [0.15, 0.2) is 0 Å². The Morgan fingerprint density at radius 1 is 1.06 bits per heavy atom. The second kappa shape index (κ2) is 8.62. The van der Waals surface area contributed by atoms with E-state index >= 15 is 0 Å². The van der Waals surface area contributed by atoms with Crippen molar-refractivity contribution in [3.8, 4) is 0 Å². The van der Waals surface area contributed by atoms with E-state index in [2.05, 4.69) is 4.74 Å². The minimum absolute atomic E-state index is 0.157. The summed E-state index contributed by atoms with van der Waals surface area (Å²) in [4.78, 5) is 29.5. The third kappa shape index (κ3) is 7.71. The summed E-state index contributed by atoms with van der Waals surface area (Å²) in [5, 5.41) is 32.5. The highest BCUT2D eigenvalue weighted by atomic mass is 16.5. The SMILES string of the molecule is CCC(=O)OC.O=C(O)C(O)C(O)C(=O)O. The summed E-state index contributed by atoms with van der Waals surface area (Å²) in [7, 11) is 1.38. The van der Waals surface area contributed by atoms with Crippen molar-refractivity contribution in [2.45, 2.75) is 25.6 Å². The number of ether oxygens (including phenoxy) is 1. The fourth-order valence-electron chi connectivity index (χ4n) is 0.414. The normalized spacial score (nSPS) is 12.8. The van der Waals surface area contributed by atoms with Gasteiger partial charge in [-0.15, -0.1) is 0 Å². The summed E-state index contributed by atoms with van der Waals surface area (Å²) < 4.78 is 4.26. The van der Waals surface area contributed by atoms with Crippen molar-refractivity contribution in [3.05, 3.63) is 0 Å². The van der Waals surface area contributed by atoms with Gasteiger partial charge in [-0.05, 0) is 0 Å². The van der Waals surface area contributed by atoms with Gasteiger partial charge >= 0.3 is 17.9 Å². The lowest BCUT2D eigenvalue weighted by atomic mass is 10.2. The van der Waals surface area contributed by atoms with Crippen molar-refractivity contribution < 1.29 is 39.5 Å². The van der Waals surface area contributed by atoms with Gasteiger partial charge in [-0.2, -0.15) is 0 Å². The lowest BCUT2D eigenvalue weighted by molar-refractivity contribution is -0.165. The molecule has 0 radical (unpaired) electrons. The van der Waals surface area contributed by atoms with Crippen molar-refractivity contribution >= 4 is 17.9 Å². The Morgan fingerprint density at radius 2 is 1.38 bits per heavy atom. The fraction of sp³-hybridized carbons (Fsp3) is 0.625. The molecule has 0 amide bonds. The highest BCUT2D eigenvalue weighted by Crippen LogP contribution is 1.92. The predicted molar refractivity (Wildman–Crippen MR) is 49.6 cm³/mol. The Balaban J connectivity index is 0. The van der Waals surface area contributed by atoms with Crippen LogP contribution in [0.25, 0.3) is 0 Å². The van der Waals surface area contributed by atoms with Gasteiger partial charge in [-0.25, -0.2) is 9.59 Å². The van der Waals surface area contributed by atoms with Crippen molar-refractivity contribution in [1.29, 1.82) is 0 Å². The molecule has 4 N–H and O–H groups in total. The number of aliphatic hydroxyl groups is 2. The molecule has 8 heteroatoms. The molecule has 0 aromatic heterocycles. The number of rotatable bonds is 4. The minimum Gasteiger partial charge on any atom is -0.479 e. The number of aliphatic hydroxyl groups excluding tert-OH is 2. The molecule has 0 aromatic rings. The number of methoxy groups -OCH3 is 1. The van der Waals surface area contributed by atoms with Crippen LogP contribution in [0.3, 0.4) is 0 Å². The molecular weight excluding hydrogens is 224 g/mol. The lowest BCUT2D eigenvalue weighted by Crippen LogP contribution is -2.39. The highest BCUT2D eigenvalue weighted by Gasteiger charge is 2.29. The molecule has 2 unspecified atom stereocenters. The monoisotopic (exact) mass is 238 g/mol. The number of esters is 1. The minimum atomic E-state index is -2.27. The Morgan fingerprint density at radius 3 is 1.44 bits per heavy atom. The number of hydrogen-bond donors (Lipinski definition) is 4. The second-order valence-electron chi connectivity index (χ2n) is 2.50. The number of carboxylic acids is 2. The summed E-state index contributed by atoms with van der Waals surface area (Å²) in [5.74, 6) is -3.69. The van der Waals surface area contributed by atoms with Gasteiger partial charge in [0, 0.05) is 6.42 Å². The van der Waals surface area contributed by atoms with Crippen LogP contribution in [0.4, 0.5) is 0 Å². The molecule has 0 rings (SSSR count). The van der Waals surface area contributed by atoms with Gasteiger partial charge in [0.2, 0.25) is 0 Å². The predicted octanol–water partition coefficient (Wildman–Crippen LogP) is -1.55. The van der Waals surface area contributed by atoms with Crippen molar-refractivity contribution in [3.63, 3.8) is 0 Å². The van der Waals surface area contributed by atoms with Crippen LogP contribution in [-0.4, -0.2) is 57.7 Å². The molecule has 0 heterocycles. The first-order chi connectivity index (χ1) is 7.27. The van der Waals surface area contributed by atoms with E-state index in [0.717, 1.165) is 0 Å². The van der Waals surface area contributed by atoms with Crippen molar-refractivity contribution in [2.24, 2.45) is 0 Å². The van der Waals surface area contributed by atoms with Gasteiger partial charge in [-0.3, -0.25) is 4.79 Å². The summed E-state index contributed by atoms with van der Waals surface area (Å²) >= 11 is 0. The van der Waals surface area contributed by atoms with Gasteiger partial charge in [0.15, 0.2) is 12.2 Å². The highest BCUT2D eigenvalue weighted by molar-refractivity contribution is 5.83. The van der Waals surface area contributed by atoms with E-state index in [4.69, 9.17) is 20.4 Å². The lowest BCUT2D eigenvalue weighted by Gasteiger charge is -2.07. The van der Waals surface area contributed by atoms with Gasteiger partial charge in [0.25, 0.3) is 0 Å². The van der Waals surface area contributed by atoms with Crippen LogP contribution in [-0.2, 0) is 19.1 Å². The summed E-state index contributed by atoms with van der Waals surface area (Å²) in [5.41, 5.74) is 0. The van der Waals surface area contributed by atoms with E-state index in [9.17, 15) is 14.4 Å². The average Bonchev–Trinajstić information content (AvgIpc) is 2.26. The molecule has 94 valence electrons. The second-order valence-corrected chi connectivity index (χ2v) is 2.50. The molecule has 0 aliphatic rings.